The van der Waals surface area contributed by atoms with E-state index in [1.54, 1.807) is 12.1 Å². The number of rotatable bonds is 7. The quantitative estimate of drug-likeness (QED) is 0.580. The molecule has 0 aliphatic rings. The highest BCUT2D eigenvalue weighted by Crippen LogP contribution is 2.04. The summed E-state index contributed by atoms with van der Waals surface area (Å²) in [5, 5.41) is 0.578. The molecular weight excluding hydrogens is 268 g/mol. The number of hydrogen-bond acceptors (Lipinski definition) is 4. The first-order valence-corrected chi connectivity index (χ1v) is 7.32. The molecule has 2 aromatic rings. The normalized spacial score (nSPS) is 10.7. The number of aromatic nitrogens is 2. The molecule has 0 fully saturated rings. The van der Waals surface area contributed by atoms with Gasteiger partial charge < -0.3 is 4.74 Å². The second-order valence-electron chi connectivity index (χ2n) is 4.94. The molecule has 0 unspecified atom stereocenters. The third-order valence-corrected chi connectivity index (χ3v) is 3.31. The first kappa shape index (κ1) is 15.2. The average molecular weight is 288 g/mol. The zero-order valence-corrected chi connectivity index (χ0v) is 12.2. The highest BCUT2D eigenvalue weighted by atomic mass is 16.5. The van der Waals surface area contributed by atoms with E-state index in [-0.39, 0.29) is 18.1 Å². The molecule has 1 aromatic heterocycles. The Morgan fingerprint density at radius 3 is 2.90 bits per heavy atom. The first-order chi connectivity index (χ1) is 10.2. The number of fused-ring (bicyclic) bond motifs is 1. The highest BCUT2D eigenvalue weighted by molar-refractivity contribution is 5.76. The number of benzene rings is 1. The number of carbonyl (C=O) groups is 1. The number of unbranched alkanes of at least 4 members (excludes halogenated alkanes) is 2. The third kappa shape index (κ3) is 4.15. The predicted octanol–water partition coefficient (Wildman–Crippen LogP) is 2.52. The molecule has 0 N–H and O–H groups in total. The molecule has 1 heterocycles. The fourth-order valence-electron chi connectivity index (χ4n) is 2.11. The van der Waals surface area contributed by atoms with Gasteiger partial charge in [0.1, 0.15) is 6.61 Å². The third-order valence-electron chi connectivity index (χ3n) is 3.31. The molecule has 0 aliphatic heterocycles. The lowest BCUT2D eigenvalue weighted by atomic mass is 10.2. The molecule has 5 heteroatoms. The van der Waals surface area contributed by atoms with Crippen molar-refractivity contribution in [3.05, 3.63) is 40.9 Å². The summed E-state index contributed by atoms with van der Waals surface area (Å²) >= 11 is 0. The number of hydrogen-bond donors (Lipinski definition) is 0. The Morgan fingerprint density at radius 1 is 1.29 bits per heavy atom. The Bertz CT molecular complexity index is 664. The van der Waals surface area contributed by atoms with Crippen molar-refractivity contribution in [2.24, 2.45) is 0 Å². The van der Waals surface area contributed by atoms with Gasteiger partial charge in [-0.25, -0.2) is 4.98 Å². The van der Waals surface area contributed by atoms with Crippen molar-refractivity contribution in [2.75, 3.05) is 6.61 Å². The summed E-state index contributed by atoms with van der Waals surface area (Å²) in [4.78, 5) is 27.9. The molecule has 0 aliphatic carbocycles. The summed E-state index contributed by atoms with van der Waals surface area (Å²) in [6.45, 7) is 2.62. The van der Waals surface area contributed by atoms with Crippen LogP contribution in [0.3, 0.4) is 0 Å². The first-order valence-electron chi connectivity index (χ1n) is 7.32. The molecule has 0 atom stereocenters. The van der Waals surface area contributed by atoms with Crippen LogP contribution in [-0.4, -0.2) is 22.1 Å². The molecule has 21 heavy (non-hydrogen) atoms. The zero-order chi connectivity index (χ0) is 15.1. The Labute approximate surface area is 123 Å². The Morgan fingerprint density at radius 2 is 2.10 bits per heavy atom. The van der Waals surface area contributed by atoms with E-state index < -0.39 is 0 Å². The SMILES string of the molecule is CCCCCC(=O)OCCn1cnc2ccccc2c1=O. The second kappa shape index (κ2) is 7.57. The molecular formula is C16H20N2O3. The summed E-state index contributed by atoms with van der Waals surface area (Å²) in [5.41, 5.74) is 0.568. The molecule has 0 amide bonds. The standard InChI is InChI=1S/C16H20N2O3/c1-2-3-4-9-15(19)21-11-10-18-12-17-14-8-6-5-7-13(14)16(18)20/h5-8,12H,2-4,9-11H2,1H3. The number of ether oxygens (including phenoxy) is 1. The molecule has 0 saturated heterocycles. The van der Waals surface area contributed by atoms with Gasteiger partial charge >= 0.3 is 5.97 Å². The molecule has 0 spiro atoms. The van der Waals surface area contributed by atoms with Crippen LogP contribution >= 0.6 is 0 Å². The largest absolute Gasteiger partial charge is 0.464 e. The Balaban J connectivity index is 1.91. The number of carbonyl (C=O) groups excluding carboxylic acids is 1. The zero-order valence-electron chi connectivity index (χ0n) is 12.2. The topological polar surface area (TPSA) is 61.2 Å². The van der Waals surface area contributed by atoms with E-state index in [4.69, 9.17) is 4.74 Å². The van der Waals surface area contributed by atoms with Crippen LogP contribution in [0.4, 0.5) is 0 Å². The van der Waals surface area contributed by atoms with Crippen LogP contribution in [0.15, 0.2) is 35.4 Å². The minimum atomic E-state index is -0.203. The van der Waals surface area contributed by atoms with Crippen molar-refractivity contribution in [3.63, 3.8) is 0 Å². The number of esters is 1. The second-order valence-corrected chi connectivity index (χ2v) is 4.94. The van der Waals surface area contributed by atoms with Gasteiger partial charge in [-0.05, 0) is 18.6 Å². The molecule has 0 bridgehead atoms. The molecule has 112 valence electrons. The van der Waals surface area contributed by atoms with E-state index in [9.17, 15) is 9.59 Å². The summed E-state index contributed by atoms with van der Waals surface area (Å²) in [6, 6.07) is 7.20. The minimum absolute atomic E-state index is 0.109. The van der Waals surface area contributed by atoms with E-state index in [2.05, 4.69) is 11.9 Å². The monoisotopic (exact) mass is 288 g/mol. The van der Waals surface area contributed by atoms with Gasteiger partial charge in [0, 0.05) is 6.42 Å². The summed E-state index contributed by atoms with van der Waals surface area (Å²) in [7, 11) is 0. The van der Waals surface area contributed by atoms with E-state index in [1.165, 1.54) is 10.9 Å². The van der Waals surface area contributed by atoms with E-state index in [0.29, 0.717) is 23.9 Å². The van der Waals surface area contributed by atoms with Crippen LogP contribution in [0.5, 0.6) is 0 Å². The van der Waals surface area contributed by atoms with Crippen molar-refractivity contribution in [1.82, 2.24) is 9.55 Å². The Hall–Kier alpha value is -2.17. The van der Waals surface area contributed by atoms with Crippen LogP contribution in [-0.2, 0) is 16.1 Å². The lowest BCUT2D eigenvalue weighted by molar-refractivity contribution is -0.144. The van der Waals surface area contributed by atoms with Gasteiger partial charge in [-0.2, -0.15) is 0 Å². The van der Waals surface area contributed by atoms with E-state index >= 15 is 0 Å². The molecule has 5 nitrogen and oxygen atoms in total. The summed E-state index contributed by atoms with van der Waals surface area (Å²) in [6.07, 6.45) is 4.90. The van der Waals surface area contributed by atoms with Crippen molar-refractivity contribution in [3.8, 4) is 0 Å². The van der Waals surface area contributed by atoms with Crippen LogP contribution in [0.1, 0.15) is 32.6 Å². The maximum Gasteiger partial charge on any atom is 0.305 e. The van der Waals surface area contributed by atoms with Gasteiger partial charge in [0.05, 0.1) is 23.8 Å². The summed E-state index contributed by atoms with van der Waals surface area (Å²) < 4.78 is 6.61. The van der Waals surface area contributed by atoms with Gasteiger partial charge in [0.15, 0.2) is 0 Å². The molecule has 1 aromatic carbocycles. The highest BCUT2D eigenvalue weighted by Gasteiger charge is 2.05. The van der Waals surface area contributed by atoms with Gasteiger partial charge in [-0.1, -0.05) is 31.9 Å². The van der Waals surface area contributed by atoms with Crippen LogP contribution < -0.4 is 5.56 Å². The summed E-state index contributed by atoms with van der Waals surface area (Å²) in [5.74, 6) is -0.203. The van der Waals surface area contributed by atoms with Crippen molar-refractivity contribution >= 4 is 16.9 Å². The lowest BCUT2D eigenvalue weighted by Gasteiger charge is -2.07. The smallest absolute Gasteiger partial charge is 0.305 e. The fourth-order valence-corrected chi connectivity index (χ4v) is 2.11. The van der Waals surface area contributed by atoms with Crippen LogP contribution in [0.2, 0.25) is 0 Å². The van der Waals surface area contributed by atoms with Gasteiger partial charge in [0.2, 0.25) is 0 Å². The predicted molar refractivity (Wildman–Crippen MR) is 81.1 cm³/mol. The Kier molecular flexibility index (Phi) is 5.49. The van der Waals surface area contributed by atoms with Gasteiger partial charge in [-0.15, -0.1) is 0 Å². The maximum atomic E-state index is 12.2. The molecule has 0 radical (unpaired) electrons. The van der Waals surface area contributed by atoms with Gasteiger partial charge in [0.25, 0.3) is 5.56 Å². The van der Waals surface area contributed by atoms with Crippen LogP contribution in [0, 0.1) is 0 Å². The number of para-hydroxylation sites is 1. The van der Waals surface area contributed by atoms with Gasteiger partial charge in [-0.3, -0.25) is 14.2 Å². The van der Waals surface area contributed by atoms with Crippen molar-refractivity contribution < 1.29 is 9.53 Å². The molecule has 2 rings (SSSR count). The fraction of sp³-hybridized carbons (Fsp3) is 0.438. The van der Waals surface area contributed by atoms with Crippen molar-refractivity contribution in [1.29, 1.82) is 0 Å². The van der Waals surface area contributed by atoms with E-state index in [0.717, 1.165) is 19.3 Å². The molecule has 0 saturated carbocycles. The lowest BCUT2D eigenvalue weighted by Crippen LogP contribution is -2.23. The minimum Gasteiger partial charge on any atom is -0.464 e. The average Bonchev–Trinajstić information content (AvgIpc) is 2.50. The van der Waals surface area contributed by atoms with Crippen molar-refractivity contribution in [2.45, 2.75) is 39.2 Å². The maximum absolute atomic E-state index is 12.2. The van der Waals surface area contributed by atoms with Crippen LogP contribution in [0.25, 0.3) is 10.9 Å². The number of nitrogens with zero attached hydrogens (tertiary/aromatic N) is 2. The van der Waals surface area contributed by atoms with E-state index in [1.807, 2.05) is 12.1 Å².